The molecule has 0 amide bonds. The molecular weight excluding hydrogens is 310 g/mol. The van der Waals surface area contributed by atoms with Crippen molar-refractivity contribution in [3.8, 4) is 5.75 Å². The molecule has 0 aromatic heterocycles. The zero-order valence-corrected chi connectivity index (χ0v) is 11.3. The number of phenolic OH excluding ortho intramolecular Hbond substituents is 1. The number of phenols is 1. The standard InChI is InChI=1S/C14H10BrNO3/c15-11-2-4-12(5-3-11)16-8-10-7-9(14(18)19)1-6-13(10)17/h1-8,17H,(H,18,19). The molecule has 2 rings (SSSR count). The number of aromatic hydroxyl groups is 1. The van der Waals surface area contributed by atoms with Crippen molar-refractivity contribution in [2.75, 3.05) is 0 Å². The van der Waals surface area contributed by atoms with Gasteiger partial charge >= 0.3 is 5.97 Å². The number of aliphatic imine (C=N–C) groups is 1. The second-order valence-corrected chi connectivity index (χ2v) is 4.73. The number of carbonyl (C=O) groups is 1. The van der Waals surface area contributed by atoms with Crippen LogP contribution in [-0.2, 0) is 0 Å². The minimum Gasteiger partial charge on any atom is -0.507 e. The highest BCUT2D eigenvalue weighted by Crippen LogP contribution is 2.20. The van der Waals surface area contributed by atoms with Crippen LogP contribution in [0, 0.1) is 0 Å². The van der Waals surface area contributed by atoms with Crippen molar-refractivity contribution in [1.29, 1.82) is 0 Å². The number of carboxylic acids is 1. The van der Waals surface area contributed by atoms with E-state index in [9.17, 15) is 9.90 Å². The van der Waals surface area contributed by atoms with E-state index in [0.29, 0.717) is 11.3 Å². The fourth-order valence-corrected chi connectivity index (χ4v) is 1.73. The third kappa shape index (κ3) is 3.42. The average molecular weight is 320 g/mol. The number of hydrogen-bond donors (Lipinski definition) is 2. The fraction of sp³-hybridized carbons (Fsp3) is 0. The summed E-state index contributed by atoms with van der Waals surface area (Å²) in [5.41, 5.74) is 1.18. The average Bonchev–Trinajstić information content (AvgIpc) is 2.39. The van der Waals surface area contributed by atoms with Crippen molar-refractivity contribution in [2.24, 2.45) is 4.99 Å². The van der Waals surface area contributed by atoms with Crippen molar-refractivity contribution in [2.45, 2.75) is 0 Å². The van der Waals surface area contributed by atoms with Crippen LogP contribution < -0.4 is 0 Å². The number of nitrogens with zero attached hydrogens (tertiary/aromatic N) is 1. The maximum absolute atomic E-state index is 10.8. The maximum atomic E-state index is 10.8. The number of hydrogen-bond acceptors (Lipinski definition) is 3. The van der Waals surface area contributed by atoms with E-state index in [1.54, 1.807) is 12.1 Å². The molecule has 96 valence electrons. The lowest BCUT2D eigenvalue weighted by molar-refractivity contribution is 0.0697. The summed E-state index contributed by atoms with van der Waals surface area (Å²) in [4.78, 5) is 15.0. The third-order valence-electron chi connectivity index (χ3n) is 2.45. The van der Waals surface area contributed by atoms with Crippen LogP contribution >= 0.6 is 15.9 Å². The number of rotatable bonds is 3. The summed E-state index contributed by atoms with van der Waals surface area (Å²) < 4.78 is 0.946. The monoisotopic (exact) mass is 319 g/mol. The summed E-state index contributed by atoms with van der Waals surface area (Å²) in [5, 5.41) is 18.5. The molecule has 0 bridgehead atoms. The van der Waals surface area contributed by atoms with Crippen molar-refractivity contribution in [3.63, 3.8) is 0 Å². The van der Waals surface area contributed by atoms with E-state index in [4.69, 9.17) is 5.11 Å². The van der Waals surface area contributed by atoms with E-state index < -0.39 is 5.97 Å². The molecule has 0 saturated carbocycles. The number of aromatic carboxylic acids is 1. The largest absolute Gasteiger partial charge is 0.507 e. The molecule has 0 aliphatic heterocycles. The lowest BCUT2D eigenvalue weighted by Gasteiger charge is -2.00. The Balaban J connectivity index is 2.29. The van der Waals surface area contributed by atoms with Crippen LogP contribution in [0.5, 0.6) is 5.75 Å². The van der Waals surface area contributed by atoms with Crippen molar-refractivity contribution in [3.05, 3.63) is 58.1 Å². The Kier molecular flexibility index (Phi) is 3.97. The topological polar surface area (TPSA) is 69.9 Å². The molecule has 5 heteroatoms. The van der Waals surface area contributed by atoms with Gasteiger partial charge in [-0.3, -0.25) is 4.99 Å². The minimum absolute atomic E-state index is 0.00846. The van der Waals surface area contributed by atoms with Gasteiger partial charge in [0.05, 0.1) is 11.3 Å². The smallest absolute Gasteiger partial charge is 0.335 e. The van der Waals surface area contributed by atoms with Gasteiger partial charge in [0.1, 0.15) is 5.75 Å². The highest BCUT2D eigenvalue weighted by molar-refractivity contribution is 9.10. The predicted octanol–water partition coefficient (Wildman–Crippen LogP) is 3.60. The molecule has 0 aliphatic rings. The van der Waals surface area contributed by atoms with Gasteiger partial charge in [-0.1, -0.05) is 15.9 Å². The summed E-state index contributed by atoms with van der Waals surface area (Å²) in [7, 11) is 0. The van der Waals surface area contributed by atoms with Gasteiger partial charge in [-0.15, -0.1) is 0 Å². The molecule has 2 N–H and O–H groups in total. The third-order valence-corrected chi connectivity index (χ3v) is 2.98. The molecule has 0 spiro atoms. The first-order valence-electron chi connectivity index (χ1n) is 5.42. The molecule has 4 nitrogen and oxygen atoms in total. The first kappa shape index (κ1) is 13.3. The Hall–Kier alpha value is -2.14. The van der Waals surface area contributed by atoms with Gasteiger partial charge in [0.2, 0.25) is 0 Å². The molecule has 0 saturated heterocycles. The molecule has 0 fully saturated rings. The van der Waals surface area contributed by atoms with E-state index >= 15 is 0 Å². The highest BCUT2D eigenvalue weighted by Gasteiger charge is 2.06. The summed E-state index contributed by atoms with van der Waals surface area (Å²) in [6.45, 7) is 0. The maximum Gasteiger partial charge on any atom is 0.335 e. The van der Waals surface area contributed by atoms with Gasteiger partial charge in [0.25, 0.3) is 0 Å². The van der Waals surface area contributed by atoms with Crippen molar-refractivity contribution in [1.82, 2.24) is 0 Å². The van der Waals surface area contributed by atoms with Crippen molar-refractivity contribution < 1.29 is 15.0 Å². The number of halogens is 1. The molecule has 0 atom stereocenters. The normalized spacial score (nSPS) is 10.8. The first-order valence-corrected chi connectivity index (χ1v) is 6.21. The molecule has 2 aromatic carbocycles. The van der Waals surface area contributed by atoms with E-state index in [0.717, 1.165) is 4.47 Å². The quantitative estimate of drug-likeness (QED) is 0.849. The zero-order chi connectivity index (χ0) is 13.8. The summed E-state index contributed by atoms with van der Waals surface area (Å²) >= 11 is 3.32. The van der Waals surface area contributed by atoms with Crippen LogP contribution in [-0.4, -0.2) is 22.4 Å². The highest BCUT2D eigenvalue weighted by atomic mass is 79.9. The molecule has 0 radical (unpaired) electrons. The molecular formula is C14H10BrNO3. The first-order chi connectivity index (χ1) is 9.06. The van der Waals surface area contributed by atoms with Crippen LogP contribution in [0.1, 0.15) is 15.9 Å². The summed E-state index contributed by atoms with van der Waals surface area (Å²) in [6, 6.07) is 11.4. The van der Waals surface area contributed by atoms with Crippen LogP contribution in [0.25, 0.3) is 0 Å². The Morgan fingerprint density at radius 2 is 1.84 bits per heavy atom. The van der Waals surface area contributed by atoms with Crippen molar-refractivity contribution >= 4 is 33.8 Å². The lowest BCUT2D eigenvalue weighted by Crippen LogP contribution is -1.97. The lowest BCUT2D eigenvalue weighted by atomic mass is 10.1. The van der Waals surface area contributed by atoms with Gasteiger partial charge in [-0.05, 0) is 42.5 Å². The Labute approximate surface area is 118 Å². The summed E-state index contributed by atoms with van der Waals surface area (Å²) in [5.74, 6) is -1.05. The Morgan fingerprint density at radius 3 is 2.47 bits per heavy atom. The van der Waals surface area contributed by atoms with Crippen LogP contribution in [0.15, 0.2) is 51.9 Å². The molecule has 0 heterocycles. The van der Waals surface area contributed by atoms with Crippen LogP contribution in [0.4, 0.5) is 5.69 Å². The summed E-state index contributed by atoms with van der Waals surface area (Å²) in [6.07, 6.45) is 1.44. The molecule has 0 aliphatic carbocycles. The van der Waals surface area contributed by atoms with Crippen LogP contribution in [0.3, 0.4) is 0 Å². The molecule has 0 unspecified atom stereocenters. The van der Waals surface area contributed by atoms with Gasteiger partial charge < -0.3 is 10.2 Å². The predicted molar refractivity (Wildman–Crippen MR) is 76.5 cm³/mol. The van der Waals surface area contributed by atoms with E-state index in [-0.39, 0.29) is 11.3 Å². The zero-order valence-electron chi connectivity index (χ0n) is 9.75. The second kappa shape index (κ2) is 5.67. The van der Waals surface area contributed by atoms with Gasteiger partial charge in [0.15, 0.2) is 0 Å². The van der Waals surface area contributed by atoms with E-state index in [2.05, 4.69) is 20.9 Å². The van der Waals surface area contributed by atoms with Gasteiger partial charge in [-0.2, -0.15) is 0 Å². The minimum atomic E-state index is -1.04. The second-order valence-electron chi connectivity index (χ2n) is 3.81. The number of carboxylic acid groups (broad SMARTS) is 1. The van der Waals surface area contributed by atoms with Crippen LogP contribution in [0.2, 0.25) is 0 Å². The Morgan fingerprint density at radius 1 is 1.16 bits per heavy atom. The Bertz CT molecular complexity index is 636. The molecule has 19 heavy (non-hydrogen) atoms. The molecule has 2 aromatic rings. The van der Waals surface area contributed by atoms with Gasteiger partial charge in [-0.25, -0.2) is 4.79 Å². The van der Waals surface area contributed by atoms with E-state index in [1.807, 2.05) is 12.1 Å². The fourth-order valence-electron chi connectivity index (χ4n) is 1.46. The van der Waals surface area contributed by atoms with E-state index in [1.165, 1.54) is 24.4 Å². The number of benzene rings is 2. The van der Waals surface area contributed by atoms with Gasteiger partial charge in [0, 0.05) is 16.3 Å². The SMILES string of the molecule is O=C(O)c1ccc(O)c(C=Nc2ccc(Br)cc2)c1.